The van der Waals surface area contributed by atoms with Gasteiger partial charge >= 0.3 is 0 Å². The van der Waals surface area contributed by atoms with Gasteiger partial charge in [0.1, 0.15) is 5.82 Å². The molecule has 1 nitrogen and oxygen atoms in total. The molecule has 76 valence electrons. The first-order chi connectivity index (χ1) is 6.44. The van der Waals surface area contributed by atoms with E-state index >= 15 is 0 Å². The summed E-state index contributed by atoms with van der Waals surface area (Å²) in [7, 11) is 0. The molecule has 0 saturated heterocycles. The van der Waals surface area contributed by atoms with E-state index in [0.29, 0.717) is 10.6 Å². The third kappa shape index (κ3) is 1.33. The Bertz CT molecular complexity index is 376. The molecule has 2 N–H and O–H groups in total. The second-order valence-electron chi connectivity index (χ2n) is 4.49. The molecule has 0 spiro atoms. The highest BCUT2D eigenvalue weighted by Gasteiger charge is 2.56. The van der Waals surface area contributed by atoms with E-state index in [-0.39, 0.29) is 23.2 Å². The Hall–Kier alpha value is -0.600. The first-order valence-electron chi connectivity index (χ1n) is 4.65. The molecule has 14 heavy (non-hydrogen) atoms. The summed E-state index contributed by atoms with van der Waals surface area (Å²) >= 11 is 5.68. The number of rotatable bonds is 1. The van der Waals surface area contributed by atoms with Gasteiger partial charge in [0, 0.05) is 17.0 Å². The van der Waals surface area contributed by atoms with Gasteiger partial charge in [-0.2, -0.15) is 0 Å². The van der Waals surface area contributed by atoms with Crippen molar-refractivity contribution in [3.8, 4) is 0 Å². The van der Waals surface area contributed by atoms with Crippen LogP contribution in [0.3, 0.4) is 0 Å². The standard InChI is InChI=1S/C11H13ClFN/c1-11(2)9(10(11)14)7-4-3-6(12)5-8(7)13/h3-5,9-10H,14H2,1-2H3. The van der Waals surface area contributed by atoms with E-state index in [1.165, 1.54) is 6.07 Å². The van der Waals surface area contributed by atoms with Gasteiger partial charge in [-0.3, -0.25) is 0 Å². The van der Waals surface area contributed by atoms with Crippen LogP contribution < -0.4 is 5.73 Å². The zero-order valence-electron chi connectivity index (χ0n) is 8.22. The average molecular weight is 214 g/mol. The molecule has 0 aromatic heterocycles. The summed E-state index contributed by atoms with van der Waals surface area (Å²) in [5.74, 6) is -0.122. The highest BCUT2D eigenvalue weighted by atomic mass is 35.5. The highest BCUT2D eigenvalue weighted by Crippen LogP contribution is 2.57. The van der Waals surface area contributed by atoms with Gasteiger partial charge in [0.05, 0.1) is 0 Å². The van der Waals surface area contributed by atoms with Crippen molar-refractivity contribution in [2.75, 3.05) is 0 Å². The van der Waals surface area contributed by atoms with Crippen LogP contribution in [-0.4, -0.2) is 6.04 Å². The van der Waals surface area contributed by atoms with Crippen molar-refractivity contribution < 1.29 is 4.39 Å². The summed E-state index contributed by atoms with van der Waals surface area (Å²) in [4.78, 5) is 0. The van der Waals surface area contributed by atoms with E-state index in [1.54, 1.807) is 12.1 Å². The van der Waals surface area contributed by atoms with E-state index in [2.05, 4.69) is 13.8 Å². The normalized spacial score (nSPS) is 28.9. The van der Waals surface area contributed by atoms with E-state index in [0.717, 1.165) is 0 Å². The van der Waals surface area contributed by atoms with Crippen LogP contribution in [0.1, 0.15) is 25.3 Å². The van der Waals surface area contributed by atoms with E-state index in [9.17, 15) is 4.39 Å². The highest BCUT2D eigenvalue weighted by molar-refractivity contribution is 6.30. The maximum absolute atomic E-state index is 13.5. The Balaban J connectivity index is 2.36. The Labute approximate surface area is 88.1 Å². The third-order valence-corrected chi connectivity index (χ3v) is 3.44. The van der Waals surface area contributed by atoms with E-state index in [1.807, 2.05) is 0 Å². The second kappa shape index (κ2) is 2.94. The first kappa shape index (κ1) is 9.94. The molecular formula is C11H13ClFN. The van der Waals surface area contributed by atoms with Crippen LogP contribution in [0, 0.1) is 11.2 Å². The number of hydrogen-bond acceptors (Lipinski definition) is 1. The Morgan fingerprint density at radius 1 is 1.43 bits per heavy atom. The lowest BCUT2D eigenvalue weighted by atomic mass is 10.0. The molecule has 0 amide bonds. The van der Waals surface area contributed by atoms with Crippen LogP contribution in [0.2, 0.25) is 5.02 Å². The Kier molecular flexibility index (Phi) is 2.09. The van der Waals surface area contributed by atoms with Gasteiger partial charge < -0.3 is 5.73 Å². The maximum Gasteiger partial charge on any atom is 0.128 e. The van der Waals surface area contributed by atoms with Gasteiger partial charge in [-0.25, -0.2) is 4.39 Å². The van der Waals surface area contributed by atoms with Crippen molar-refractivity contribution in [2.45, 2.75) is 25.8 Å². The van der Waals surface area contributed by atoms with E-state index < -0.39 is 0 Å². The van der Waals surface area contributed by atoms with Crippen LogP contribution in [0.5, 0.6) is 0 Å². The van der Waals surface area contributed by atoms with Crippen molar-refractivity contribution in [1.82, 2.24) is 0 Å². The van der Waals surface area contributed by atoms with Crippen molar-refractivity contribution in [2.24, 2.45) is 11.1 Å². The molecule has 0 radical (unpaired) electrons. The van der Waals surface area contributed by atoms with Gasteiger partial charge in [0.25, 0.3) is 0 Å². The molecule has 0 heterocycles. The summed E-state index contributed by atoms with van der Waals surface area (Å²) in [5, 5.41) is 0.429. The SMILES string of the molecule is CC1(C)C(N)C1c1ccc(Cl)cc1F. The fourth-order valence-corrected chi connectivity index (χ4v) is 2.18. The lowest BCUT2D eigenvalue weighted by molar-refractivity contribution is 0.571. The molecular weight excluding hydrogens is 201 g/mol. The molecule has 0 aliphatic heterocycles. The van der Waals surface area contributed by atoms with Crippen molar-refractivity contribution in [1.29, 1.82) is 0 Å². The molecule has 0 bridgehead atoms. The molecule has 3 heteroatoms. The monoisotopic (exact) mass is 213 g/mol. The molecule has 2 atom stereocenters. The summed E-state index contributed by atoms with van der Waals surface area (Å²) in [6, 6.07) is 4.84. The fourth-order valence-electron chi connectivity index (χ4n) is 2.03. The van der Waals surface area contributed by atoms with Gasteiger partial charge in [0.2, 0.25) is 0 Å². The molecule has 1 saturated carbocycles. The summed E-state index contributed by atoms with van der Waals surface area (Å²) in [6.07, 6.45) is 0. The lowest BCUT2D eigenvalue weighted by Gasteiger charge is -2.04. The Morgan fingerprint density at radius 3 is 2.43 bits per heavy atom. The summed E-state index contributed by atoms with van der Waals surface area (Å²) in [6.45, 7) is 4.10. The molecule has 2 rings (SSSR count). The quantitative estimate of drug-likeness (QED) is 0.763. The zero-order chi connectivity index (χ0) is 10.5. The zero-order valence-corrected chi connectivity index (χ0v) is 8.98. The van der Waals surface area contributed by atoms with Crippen LogP contribution in [-0.2, 0) is 0 Å². The van der Waals surface area contributed by atoms with Crippen LogP contribution >= 0.6 is 11.6 Å². The van der Waals surface area contributed by atoms with Gasteiger partial charge in [-0.15, -0.1) is 0 Å². The molecule has 1 aliphatic rings. The molecule has 1 aromatic carbocycles. The largest absolute Gasteiger partial charge is 0.327 e. The topological polar surface area (TPSA) is 26.0 Å². The predicted molar refractivity (Wildman–Crippen MR) is 55.9 cm³/mol. The predicted octanol–water partition coefficient (Wildman–Crippen LogP) is 2.93. The molecule has 1 fully saturated rings. The van der Waals surface area contributed by atoms with Gasteiger partial charge in [0.15, 0.2) is 0 Å². The van der Waals surface area contributed by atoms with Crippen molar-refractivity contribution in [3.05, 3.63) is 34.6 Å². The van der Waals surface area contributed by atoms with Crippen LogP contribution in [0.15, 0.2) is 18.2 Å². The van der Waals surface area contributed by atoms with Crippen molar-refractivity contribution in [3.63, 3.8) is 0 Å². The van der Waals surface area contributed by atoms with Crippen LogP contribution in [0.25, 0.3) is 0 Å². The molecule has 2 unspecified atom stereocenters. The number of nitrogens with two attached hydrogens (primary N) is 1. The Morgan fingerprint density at radius 2 is 2.00 bits per heavy atom. The number of benzene rings is 1. The molecule has 1 aromatic rings. The minimum atomic E-state index is -0.247. The summed E-state index contributed by atoms with van der Waals surface area (Å²) < 4.78 is 13.5. The van der Waals surface area contributed by atoms with Crippen LogP contribution in [0.4, 0.5) is 4.39 Å². The minimum absolute atomic E-state index is 0.00860. The van der Waals surface area contributed by atoms with E-state index in [4.69, 9.17) is 17.3 Å². The first-order valence-corrected chi connectivity index (χ1v) is 5.03. The van der Waals surface area contributed by atoms with Crippen molar-refractivity contribution >= 4 is 11.6 Å². The smallest absolute Gasteiger partial charge is 0.128 e. The molecule has 1 aliphatic carbocycles. The third-order valence-electron chi connectivity index (χ3n) is 3.21. The van der Waals surface area contributed by atoms with Gasteiger partial charge in [-0.1, -0.05) is 31.5 Å². The van der Waals surface area contributed by atoms with Gasteiger partial charge in [-0.05, 0) is 23.1 Å². The fraction of sp³-hybridized carbons (Fsp3) is 0.455. The minimum Gasteiger partial charge on any atom is -0.327 e. The average Bonchev–Trinajstić information content (AvgIpc) is 2.54. The summed E-state index contributed by atoms with van der Waals surface area (Å²) in [5.41, 5.74) is 6.58. The maximum atomic E-state index is 13.5. The second-order valence-corrected chi connectivity index (χ2v) is 4.93. The number of hydrogen-bond donors (Lipinski definition) is 1. The number of halogens is 2. The lowest BCUT2D eigenvalue weighted by Crippen LogP contribution is -2.06.